The van der Waals surface area contributed by atoms with Crippen LogP contribution in [0, 0.1) is 5.92 Å². The molecule has 1 aliphatic heterocycles. The summed E-state index contributed by atoms with van der Waals surface area (Å²) in [5.74, 6) is 0.892. The summed E-state index contributed by atoms with van der Waals surface area (Å²) in [5, 5.41) is 0. The summed E-state index contributed by atoms with van der Waals surface area (Å²) >= 11 is 0. The summed E-state index contributed by atoms with van der Waals surface area (Å²) in [6.07, 6.45) is 4.56. The lowest BCUT2D eigenvalue weighted by molar-refractivity contribution is -0.133. The Bertz CT molecular complexity index is 407. The Morgan fingerprint density at radius 1 is 1.47 bits per heavy atom. The van der Waals surface area contributed by atoms with Crippen molar-refractivity contribution in [3.8, 4) is 0 Å². The number of carbonyl (C=O) groups excluding carboxylic acids is 1. The number of piperidine rings is 1. The lowest BCUT2D eigenvalue weighted by Crippen LogP contribution is -2.41. The molecule has 1 saturated heterocycles. The second-order valence-corrected chi connectivity index (χ2v) is 5.51. The first kappa shape index (κ1) is 14.0. The number of amides is 1. The van der Waals surface area contributed by atoms with Gasteiger partial charge < -0.3 is 9.80 Å². The molecule has 1 amide bonds. The number of hydrogen-bond acceptors (Lipinski definition) is 3. The summed E-state index contributed by atoms with van der Waals surface area (Å²) in [6.45, 7) is 2.97. The van der Waals surface area contributed by atoms with E-state index in [4.69, 9.17) is 0 Å². The minimum absolute atomic E-state index is 0.285. The van der Waals surface area contributed by atoms with Crippen molar-refractivity contribution in [3.63, 3.8) is 0 Å². The second kappa shape index (κ2) is 6.66. The first-order valence-corrected chi connectivity index (χ1v) is 6.97. The van der Waals surface area contributed by atoms with Crippen molar-refractivity contribution in [1.29, 1.82) is 0 Å². The number of likely N-dealkylation sites (N-methyl/N-ethyl adjacent to an activating group) is 1. The molecule has 0 N–H and O–H groups in total. The van der Waals surface area contributed by atoms with E-state index >= 15 is 0 Å². The van der Waals surface area contributed by atoms with Crippen LogP contribution in [-0.4, -0.2) is 54.4 Å². The average molecular weight is 261 g/mol. The Morgan fingerprint density at radius 2 is 2.32 bits per heavy atom. The third-order valence-corrected chi connectivity index (χ3v) is 3.77. The van der Waals surface area contributed by atoms with E-state index in [1.54, 1.807) is 0 Å². The van der Waals surface area contributed by atoms with Gasteiger partial charge in [-0.1, -0.05) is 6.07 Å². The zero-order valence-electron chi connectivity index (χ0n) is 11.9. The van der Waals surface area contributed by atoms with E-state index in [1.165, 1.54) is 0 Å². The van der Waals surface area contributed by atoms with Crippen molar-refractivity contribution in [2.24, 2.45) is 5.92 Å². The number of hydrogen-bond donors (Lipinski definition) is 0. The standard InChI is InChI=1S/C15H23N3O/c1-17(10-8-14-5-3-4-9-16-14)11-13-6-7-15(19)18(2)12-13/h3-5,9,13H,6-8,10-12H2,1-2H3. The fraction of sp³-hybridized carbons (Fsp3) is 0.600. The Labute approximate surface area is 115 Å². The van der Waals surface area contributed by atoms with Crippen LogP contribution in [0.15, 0.2) is 24.4 Å². The predicted octanol–water partition coefficient (Wildman–Crippen LogP) is 1.42. The van der Waals surface area contributed by atoms with Gasteiger partial charge in [-0.2, -0.15) is 0 Å². The molecule has 1 fully saturated rings. The minimum atomic E-state index is 0.285. The van der Waals surface area contributed by atoms with E-state index in [0.717, 1.165) is 38.2 Å². The molecule has 1 aromatic heterocycles. The fourth-order valence-corrected chi connectivity index (χ4v) is 2.63. The average Bonchev–Trinajstić information content (AvgIpc) is 2.42. The molecule has 0 radical (unpaired) electrons. The zero-order chi connectivity index (χ0) is 13.7. The minimum Gasteiger partial charge on any atom is -0.345 e. The van der Waals surface area contributed by atoms with Gasteiger partial charge in [0.1, 0.15) is 0 Å². The van der Waals surface area contributed by atoms with E-state index in [2.05, 4.69) is 23.0 Å². The molecule has 0 aromatic carbocycles. The molecule has 0 aliphatic carbocycles. The highest BCUT2D eigenvalue weighted by Gasteiger charge is 2.23. The maximum absolute atomic E-state index is 11.4. The van der Waals surface area contributed by atoms with Crippen LogP contribution in [-0.2, 0) is 11.2 Å². The summed E-state index contributed by atoms with van der Waals surface area (Å²) < 4.78 is 0. The number of pyridine rings is 1. The van der Waals surface area contributed by atoms with Crippen LogP contribution in [0.25, 0.3) is 0 Å². The molecule has 4 nitrogen and oxygen atoms in total. The number of rotatable bonds is 5. The molecule has 104 valence electrons. The molecule has 4 heteroatoms. The maximum atomic E-state index is 11.4. The van der Waals surface area contributed by atoms with Gasteiger partial charge in [-0.3, -0.25) is 9.78 Å². The second-order valence-electron chi connectivity index (χ2n) is 5.51. The Hall–Kier alpha value is -1.42. The van der Waals surface area contributed by atoms with Crippen LogP contribution < -0.4 is 0 Å². The van der Waals surface area contributed by atoms with Crippen LogP contribution in [0.1, 0.15) is 18.5 Å². The molecule has 2 rings (SSSR count). The number of likely N-dealkylation sites (tertiary alicyclic amines) is 1. The highest BCUT2D eigenvalue weighted by atomic mass is 16.2. The molecular weight excluding hydrogens is 238 g/mol. The number of nitrogens with zero attached hydrogens (tertiary/aromatic N) is 3. The summed E-state index contributed by atoms with van der Waals surface area (Å²) in [6, 6.07) is 6.05. The van der Waals surface area contributed by atoms with Crippen molar-refractivity contribution in [2.75, 3.05) is 33.7 Å². The topological polar surface area (TPSA) is 36.4 Å². The van der Waals surface area contributed by atoms with Crippen LogP contribution >= 0.6 is 0 Å². The molecular formula is C15H23N3O. The quantitative estimate of drug-likeness (QED) is 0.804. The predicted molar refractivity (Wildman–Crippen MR) is 75.8 cm³/mol. The summed E-state index contributed by atoms with van der Waals surface area (Å²) in [4.78, 5) is 20.0. The van der Waals surface area contributed by atoms with Gasteiger partial charge in [0, 0.05) is 51.4 Å². The first-order chi connectivity index (χ1) is 9.15. The van der Waals surface area contributed by atoms with Crippen molar-refractivity contribution in [3.05, 3.63) is 30.1 Å². The summed E-state index contributed by atoms with van der Waals surface area (Å²) in [7, 11) is 4.06. The molecule has 0 saturated carbocycles. The van der Waals surface area contributed by atoms with Crippen LogP contribution in [0.2, 0.25) is 0 Å². The van der Waals surface area contributed by atoms with Gasteiger partial charge in [0.2, 0.25) is 5.91 Å². The van der Waals surface area contributed by atoms with Gasteiger partial charge >= 0.3 is 0 Å². The normalized spacial score (nSPS) is 20.1. The molecule has 19 heavy (non-hydrogen) atoms. The third-order valence-electron chi connectivity index (χ3n) is 3.77. The fourth-order valence-electron chi connectivity index (χ4n) is 2.63. The van der Waals surface area contributed by atoms with Crippen molar-refractivity contribution in [1.82, 2.24) is 14.8 Å². The molecule has 1 atom stereocenters. The molecule has 1 aromatic rings. The third kappa shape index (κ3) is 4.31. The molecule has 1 unspecified atom stereocenters. The molecule has 1 aliphatic rings. The van der Waals surface area contributed by atoms with E-state index in [0.29, 0.717) is 12.3 Å². The maximum Gasteiger partial charge on any atom is 0.222 e. The highest BCUT2D eigenvalue weighted by molar-refractivity contribution is 5.76. The first-order valence-electron chi connectivity index (χ1n) is 6.97. The lowest BCUT2D eigenvalue weighted by atomic mass is 9.97. The van der Waals surface area contributed by atoms with E-state index in [-0.39, 0.29) is 5.91 Å². The SMILES string of the molecule is CN(CCc1ccccn1)CC1CCC(=O)N(C)C1. The number of aromatic nitrogens is 1. The number of carbonyl (C=O) groups is 1. The van der Waals surface area contributed by atoms with Crippen LogP contribution in [0.4, 0.5) is 0 Å². The molecule has 0 spiro atoms. The smallest absolute Gasteiger partial charge is 0.222 e. The van der Waals surface area contributed by atoms with Crippen LogP contribution in [0.5, 0.6) is 0 Å². The molecule has 0 bridgehead atoms. The van der Waals surface area contributed by atoms with Crippen LogP contribution in [0.3, 0.4) is 0 Å². The Morgan fingerprint density at radius 3 is 3.00 bits per heavy atom. The lowest BCUT2D eigenvalue weighted by Gasteiger charge is -2.32. The van der Waals surface area contributed by atoms with Gasteiger partial charge in [-0.05, 0) is 31.5 Å². The van der Waals surface area contributed by atoms with Crippen molar-refractivity contribution < 1.29 is 4.79 Å². The largest absolute Gasteiger partial charge is 0.345 e. The van der Waals surface area contributed by atoms with Crippen molar-refractivity contribution >= 4 is 5.91 Å². The van der Waals surface area contributed by atoms with Gasteiger partial charge in [0.15, 0.2) is 0 Å². The van der Waals surface area contributed by atoms with Gasteiger partial charge in [0.25, 0.3) is 0 Å². The monoisotopic (exact) mass is 261 g/mol. The van der Waals surface area contributed by atoms with Gasteiger partial charge in [-0.25, -0.2) is 0 Å². The van der Waals surface area contributed by atoms with E-state index < -0.39 is 0 Å². The highest BCUT2D eigenvalue weighted by Crippen LogP contribution is 2.17. The van der Waals surface area contributed by atoms with Gasteiger partial charge in [0.05, 0.1) is 0 Å². The van der Waals surface area contributed by atoms with E-state index in [9.17, 15) is 4.79 Å². The Kier molecular flexibility index (Phi) is 4.91. The summed E-state index contributed by atoms with van der Waals surface area (Å²) in [5.41, 5.74) is 1.14. The zero-order valence-corrected chi connectivity index (χ0v) is 11.9. The van der Waals surface area contributed by atoms with Crippen molar-refractivity contribution in [2.45, 2.75) is 19.3 Å². The van der Waals surface area contributed by atoms with E-state index in [1.807, 2.05) is 30.3 Å². The van der Waals surface area contributed by atoms with Gasteiger partial charge in [-0.15, -0.1) is 0 Å². The Balaban J connectivity index is 1.72. The molecule has 2 heterocycles.